The number of benzene rings is 1. The van der Waals surface area contributed by atoms with Crippen LogP contribution in [0, 0.1) is 6.92 Å². The van der Waals surface area contributed by atoms with E-state index in [-0.39, 0.29) is 11.6 Å². The van der Waals surface area contributed by atoms with Crippen LogP contribution < -0.4 is 5.56 Å². The average Bonchev–Trinajstić information content (AvgIpc) is 3.53. The molecular formula is C23H21N5OS2. The van der Waals surface area contributed by atoms with Gasteiger partial charge in [-0.05, 0) is 53.9 Å². The molecule has 6 nitrogen and oxygen atoms in total. The summed E-state index contributed by atoms with van der Waals surface area (Å²) in [5, 5.41) is 14.0. The van der Waals surface area contributed by atoms with E-state index in [4.69, 9.17) is 0 Å². The van der Waals surface area contributed by atoms with E-state index >= 15 is 0 Å². The summed E-state index contributed by atoms with van der Waals surface area (Å²) in [5.41, 5.74) is 3.30. The Balaban J connectivity index is 1.51. The smallest absolute Gasteiger partial charge is 0.262 e. The Morgan fingerprint density at radius 1 is 1.13 bits per heavy atom. The van der Waals surface area contributed by atoms with Gasteiger partial charge < -0.3 is 0 Å². The molecule has 0 radical (unpaired) electrons. The highest BCUT2D eigenvalue weighted by atomic mass is 32.1. The van der Waals surface area contributed by atoms with Gasteiger partial charge in [0.1, 0.15) is 0 Å². The lowest BCUT2D eigenvalue weighted by molar-refractivity contribution is 0.203. The van der Waals surface area contributed by atoms with E-state index in [0.29, 0.717) is 17.7 Å². The van der Waals surface area contributed by atoms with E-state index in [0.717, 1.165) is 29.9 Å². The monoisotopic (exact) mass is 447 g/mol. The Kier molecular flexibility index (Phi) is 4.34. The number of rotatable bonds is 3. The summed E-state index contributed by atoms with van der Waals surface area (Å²) in [5.74, 6) is 1.44. The molecule has 0 aliphatic carbocycles. The van der Waals surface area contributed by atoms with Gasteiger partial charge in [-0.25, -0.2) is 0 Å². The molecule has 5 aromatic rings. The average molecular weight is 448 g/mol. The molecule has 1 aliphatic heterocycles. The first-order valence-corrected chi connectivity index (χ1v) is 12.0. The number of aryl methyl sites for hydroxylation is 2. The van der Waals surface area contributed by atoms with E-state index in [2.05, 4.69) is 44.1 Å². The van der Waals surface area contributed by atoms with Crippen molar-refractivity contribution in [2.45, 2.75) is 25.9 Å². The molecule has 1 atom stereocenters. The van der Waals surface area contributed by atoms with Crippen molar-refractivity contribution in [1.29, 1.82) is 0 Å². The first kappa shape index (κ1) is 18.9. The number of nitrogens with zero attached hydrogens (tertiary/aromatic N) is 5. The van der Waals surface area contributed by atoms with Crippen LogP contribution in [0.3, 0.4) is 0 Å². The van der Waals surface area contributed by atoms with Crippen LogP contribution >= 0.6 is 22.7 Å². The number of aromatic nitrogens is 4. The van der Waals surface area contributed by atoms with Crippen LogP contribution in [-0.4, -0.2) is 30.6 Å². The van der Waals surface area contributed by atoms with Gasteiger partial charge in [-0.3, -0.25) is 18.7 Å². The lowest BCUT2D eigenvalue weighted by Crippen LogP contribution is -2.35. The SMILES string of the molecule is Cc1ccc2c(c1)c(=O)n(C)c1nnc(CN3CCc4sccc4C3c3cccs3)n21. The molecule has 6 rings (SSSR count). The minimum Gasteiger partial charge on any atom is -0.284 e. The van der Waals surface area contributed by atoms with Gasteiger partial charge in [-0.2, -0.15) is 0 Å². The summed E-state index contributed by atoms with van der Waals surface area (Å²) in [6.07, 6.45) is 1.05. The second-order valence-corrected chi connectivity index (χ2v) is 10.1. The maximum absolute atomic E-state index is 12.9. The van der Waals surface area contributed by atoms with Crippen molar-refractivity contribution in [3.8, 4) is 0 Å². The molecule has 0 spiro atoms. The van der Waals surface area contributed by atoms with E-state index < -0.39 is 0 Å². The summed E-state index contributed by atoms with van der Waals surface area (Å²) in [4.78, 5) is 18.2. The van der Waals surface area contributed by atoms with Crippen LogP contribution in [0.1, 0.15) is 32.7 Å². The quantitative estimate of drug-likeness (QED) is 0.417. The maximum Gasteiger partial charge on any atom is 0.262 e. The summed E-state index contributed by atoms with van der Waals surface area (Å²) in [6.45, 7) is 3.64. The van der Waals surface area contributed by atoms with E-state index in [9.17, 15) is 4.79 Å². The van der Waals surface area contributed by atoms with Crippen molar-refractivity contribution in [1.82, 2.24) is 24.1 Å². The fourth-order valence-corrected chi connectivity index (χ4v) is 6.44. The van der Waals surface area contributed by atoms with Gasteiger partial charge in [0.15, 0.2) is 5.82 Å². The number of fused-ring (bicyclic) bond motifs is 4. The van der Waals surface area contributed by atoms with E-state index in [1.807, 2.05) is 40.9 Å². The molecule has 0 fully saturated rings. The van der Waals surface area contributed by atoms with Gasteiger partial charge in [0.2, 0.25) is 5.78 Å². The van der Waals surface area contributed by atoms with Crippen LogP contribution in [-0.2, 0) is 20.0 Å². The summed E-state index contributed by atoms with van der Waals surface area (Å²) < 4.78 is 3.65. The first-order valence-electron chi connectivity index (χ1n) is 10.3. The maximum atomic E-state index is 12.9. The van der Waals surface area contributed by atoms with E-state index in [1.54, 1.807) is 23.0 Å². The molecule has 31 heavy (non-hydrogen) atoms. The predicted molar refractivity (Wildman–Crippen MR) is 125 cm³/mol. The minimum absolute atomic E-state index is 0.0394. The molecule has 1 aliphatic rings. The third-order valence-corrected chi connectivity index (χ3v) is 8.09. The summed E-state index contributed by atoms with van der Waals surface area (Å²) in [7, 11) is 1.77. The zero-order chi connectivity index (χ0) is 21.1. The highest BCUT2D eigenvalue weighted by Crippen LogP contribution is 2.40. The zero-order valence-corrected chi connectivity index (χ0v) is 18.9. The van der Waals surface area contributed by atoms with Gasteiger partial charge >= 0.3 is 0 Å². The minimum atomic E-state index is -0.0394. The number of hydrogen-bond acceptors (Lipinski definition) is 6. The van der Waals surface area contributed by atoms with Gasteiger partial charge in [0, 0.05) is 23.3 Å². The zero-order valence-electron chi connectivity index (χ0n) is 17.3. The summed E-state index contributed by atoms with van der Waals surface area (Å²) >= 11 is 3.65. The molecule has 0 saturated carbocycles. The molecule has 1 unspecified atom stereocenters. The molecule has 5 heterocycles. The second-order valence-electron chi connectivity index (χ2n) is 8.07. The standard InChI is InChI=1S/C23H21N5OS2/c1-14-5-6-17-16(12-14)22(29)26(2)23-25-24-20(28(17)23)13-27-9-7-18-15(8-11-31-18)21(27)19-4-3-10-30-19/h3-6,8,10-12,21H,7,9,13H2,1-2H3. The Bertz CT molecular complexity index is 1480. The summed E-state index contributed by atoms with van der Waals surface area (Å²) in [6, 6.07) is 12.8. The number of thiophene rings is 2. The van der Waals surface area contributed by atoms with Crippen molar-refractivity contribution >= 4 is 39.4 Å². The first-order chi connectivity index (χ1) is 15.1. The van der Waals surface area contributed by atoms with Gasteiger partial charge in [0.05, 0.1) is 23.5 Å². The highest BCUT2D eigenvalue weighted by Gasteiger charge is 2.31. The fraction of sp³-hybridized carbons (Fsp3) is 0.261. The lowest BCUT2D eigenvalue weighted by atomic mass is 9.98. The normalized spacial score (nSPS) is 16.9. The Morgan fingerprint density at radius 3 is 2.87 bits per heavy atom. The topological polar surface area (TPSA) is 55.4 Å². The largest absolute Gasteiger partial charge is 0.284 e. The van der Waals surface area contributed by atoms with Crippen molar-refractivity contribution < 1.29 is 0 Å². The third-order valence-electron chi connectivity index (χ3n) is 6.16. The van der Waals surface area contributed by atoms with E-state index in [1.165, 1.54) is 15.3 Å². The molecule has 0 saturated heterocycles. The van der Waals surface area contributed by atoms with Crippen LogP contribution in [0.15, 0.2) is 52.0 Å². The predicted octanol–water partition coefficient (Wildman–Crippen LogP) is 4.16. The molecule has 0 N–H and O–H groups in total. The van der Waals surface area contributed by atoms with Gasteiger partial charge in [0.25, 0.3) is 5.56 Å². The lowest BCUT2D eigenvalue weighted by Gasteiger charge is -2.34. The molecule has 1 aromatic carbocycles. The van der Waals surface area contributed by atoms with Crippen LogP contribution in [0.4, 0.5) is 0 Å². The van der Waals surface area contributed by atoms with Crippen molar-refractivity contribution in [2.24, 2.45) is 7.05 Å². The van der Waals surface area contributed by atoms with Crippen LogP contribution in [0.25, 0.3) is 16.7 Å². The van der Waals surface area contributed by atoms with Crippen molar-refractivity contribution in [3.63, 3.8) is 0 Å². The fourth-order valence-electron chi connectivity index (χ4n) is 4.66. The molecular weight excluding hydrogens is 426 g/mol. The van der Waals surface area contributed by atoms with Gasteiger partial charge in [-0.15, -0.1) is 32.9 Å². The van der Waals surface area contributed by atoms with Crippen molar-refractivity contribution in [3.05, 3.63) is 84.2 Å². The molecule has 8 heteroatoms. The molecule has 0 bridgehead atoms. The Hall–Kier alpha value is -2.81. The number of hydrogen-bond donors (Lipinski definition) is 0. The van der Waals surface area contributed by atoms with Gasteiger partial charge in [-0.1, -0.05) is 17.7 Å². The Labute approximate surface area is 187 Å². The molecule has 156 valence electrons. The highest BCUT2D eigenvalue weighted by molar-refractivity contribution is 7.10. The Morgan fingerprint density at radius 2 is 2.03 bits per heavy atom. The van der Waals surface area contributed by atoms with Crippen molar-refractivity contribution in [2.75, 3.05) is 6.54 Å². The van der Waals surface area contributed by atoms with Crippen LogP contribution in [0.2, 0.25) is 0 Å². The molecule has 4 aromatic heterocycles. The second kappa shape index (κ2) is 7.12. The third kappa shape index (κ3) is 2.90. The van der Waals surface area contributed by atoms with Crippen LogP contribution in [0.5, 0.6) is 0 Å². The molecule has 0 amide bonds.